The van der Waals surface area contributed by atoms with Gasteiger partial charge in [0.05, 0.1) is 22.9 Å². The summed E-state index contributed by atoms with van der Waals surface area (Å²) in [5.41, 5.74) is 4.65. The maximum atomic E-state index is 12.9. The number of rotatable bonds is 3. The van der Waals surface area contributed by atoms with E-state index in [4.69, 9.17) is 0 Å². The van der Waals surface area contributed by atoms with Crippen LogP contribution < -0.4 is 5.32 Å². The van der Waals surface area contributed by atoms with Crippen LogP contribution in [0.1, 0.15) is 45.0 Å². The topological polar surface area (TPSA) is 88.1 Å². The Morgan fingerprint density at radius 1 is 1.19 bits per heavy atom. The third kappa shape index (κ3) is 3.84. The Morgan fingerprint density at radius 3 is 2.85 bits per heavy atom. The van der Waals surface area contributed by atoms with Crippen molar-refractivity contribution in [1.82, 2.24) is 23.9 Å². The van der Waals surface area contributed by atoms with E-state index in [-0.39, 0.29) is 17.9 Å². The molecule has 27 heavy (non-hydrogen) atoms. The molecule has 9 heteroatoms. The molecule has 1 fully saturated rings. The van der Waals surface area contributed by atoms with Gasteiger partial charge in [0.25, 0.3) is 11.8 Å². The van der Waals surface area contributed by atoms with E-state index >= 15 is 0 Å². The molecule has 3 aromatic rings. The number of amides is 2. The number of nitrogens with one attached hydrogen (secondary N) is 1. The molecule has 1 N–H and O–H groups in total. The first-order valence-corrected chi connectivity index (χ1v) is 10.5. The lowest BCUT2D eigenvalue weighted by Gasteiger charge is -2.21. The standard InChI is InChI=1S/C18H19N5O2S2/c1-11-16(26-10-19-11)17(24)20-13-3-2-7-23(8-6-13)18(25)12-4-5-14-15(9-12)22-27-21-14/h4-5,9-10,13H,2-3,6-8H2,1H3,(H,20,24). The molecular weight excluding hydrogens is 382 g/mol. The number of benzene rings is 1. The highest BCUT2D eigenvalue weighted by atomic mass is 32.1. The molecule has 2 amide bonds. The quantitative estimate of drug-likeness (QED) is 0.729. The number of nitrogens with zero attached hydrogens (tertiary/aromatic N) is 4. The van der Waals surface area contributed by atoms with Gasteiger partial charge in [-0.25, -0.2) is 4.98 Å². The normalized spacial score (nSPS) is 17.7. The van der Waals surface area contributed by atoms with Crippen molar-refractivity contribution in [2.45, 2.75) is 32.2 Å². The summed E-state index contributed by atoms with van der Waals surface area (Å²) in [4.78, 5) is 31.9. The van der Waals surface area contributed by atoms with E-state index in [0.717, 1.165) is 47.7 Å². The maximum Gasteiger partial charge on any atom is 0.263 e. The second-order valence-electron chi connectivity index (χ2n) is 6.63. The first-order chi connectivity index (χ1) is 13.1. The predicted molar refractivity (Wildman–Crippen MR) is 105 cm³/mol. The summed E-state index contributed by atoms with van der Waals surface area (Å²) in [5, 5.41) is 3.10. The fourth-order valence-electron chi connectivity index (χ4n) is 3.31. The van der Waals surface area contributed by atoms with Crippen LogP contribution in [0.5, 0.6) is 0 Å². The molecule has 0 aliphatic carbocycles. The summed E-state index contributed by atoms with van der Waals surface area (Å²) in [5.74, 6) is -0.0589. The number of carbonyl (C=O) groups is 2. The summed E-state index contributed by atoms with van der Waals surface area (Å²) in [6.07, 6.45) is 2.47. The van der Waals surface area contributed by atoms with Crippen LogP contribution in [0.3, 0.4) is 0 Å². The lowest BCUT2D eigenvalue weighted by atomic mass is 10.1. The number of likely N-dealkylation sites (tertiary alicyclic amines) is 1. The molecule has 3 heterocycles. The van der Waals surface area contributed by atoms with Crippen LogP contribution in [-0.2, 0) is 0 Å². The van der Waals surface area contributed by atoms with Gasteiger partial charge in [-0.1, -0.05) is 0 Å². The van der Waals surface area contributed by atoms with E-state index in [9.17, 15) is 9.59 Å². The summed E-state index contributed by atoms with van der Waals surface area (Å²) in [7, 11) is 0. The van der Waals surface area contributed by atoms with Gasteiger partial charge in [-0.3, -0.25) is 9.59 Å². The zero-order valence-corrected chi connectivity index (χ0v) is 16.5. The Kier molecular flexibility index (Phi) is 5.13. The Balaban J connectivity index is 1.39. The smallest absolute Gasteiger partial charge is 0.263 e. The fraction of sp³-hybridized carbons (Fsp3) is 0.389. The van der Waals surface area contributed by atoms with Gasteiger partial charge in [-0.15, -0.1) is 11.3 Å². The molecule has 1 aliphatic heterocycles. The molecule has 1 atom stereocenters. The monoisotopic (exact) mass is 401 g/mol. The Hall–Kier alpha value is -2.39. The predicted octanol–water partition coefficient (Wildman–Crippen LogP) is 2.88. The molecule has 0 radical (unpaired) electrons. The summed E-state index contributed by atoms with van der Waals surface area (Å²) in [6, 6.07) is 5.52. The van der Waals surface area contributed by atoms with Gasteiger partial charge in [0.2, 0.25) is 0 Å². The van der Waals surface area contributed by atoms with Crippen molar-refractivity contribution >= 4 is 45.9 Å². The van der Waals surface area contributed by atoms with Crippen LogP contribution in [0.25, 0.3) is 11.0 Å². The van der Waals surface area contributed by atoms with Crippen molar-refractivity contribution in [1.29, 1.82) is 0 Å². The van der Waals surface area contributed by atoms with E-state index in [2.05, 4.69) is 19.0 Å². The number of carbonyl (C=O) groups excluding carboxylic acids is 2. The van der Waals surface area contributed by atoms with E-state index < -0.39 is 0 Å². The van der Waals surface area contributed by atoms with Crippen molar-refractivity contribution in [3.05, 3.63) is 39.8 Å². The second kappa shape index (κ2) is 7.69. The van der Waals surface area contributed by atoms with Crippen LogP contribution in [0.2, 0.25) is 0 Å². The van der Waals surface area contributed by atoms with Crippen LogP contribution in [-0.4, -0.2) is 49.6 Å². The number of thiazole rings is 1. The van der Waals surface area contributed by atoms with Crippen LogP contribution in [0, 0.1) is 6.92 Å². The number of fused-ring (bicyclic) bond motifs is 1. The largest absolute Gasteiger partial charge is 0.348 e. The maximum absolute atomic E-state index is 12.9. The minimum Gasteiger partial charge on any atom is -0.348 e. The first kappa shape index (κ1) is 18.0. The molecule has 1 saturated heterocycles. The average Bonchev–Trinajstić information content (AvgIpc) is 3.25. The molecule has 0 saturated carbocycles. The Labute approximate surface area is 164 Å². The van der Waals surface area contributed by atoms with Gasteiger partial charge in [0.15, 0.2) is 0 Å². The molecule has 1 aliphatic rings. The molecule has 1 unspecified atom stereocenters. The zero-order valence-electron chi connectivity index (χ0n) is 14.8. The van der Waals surface area contributed by atoms with Crippen LogP contribution in [0.15, 0.2) is 23.7 Å². The lowest BCUT2D eigenvalue weighted by Crippen LogP contribution is -2.36. The zero-order chi connectivity index (χ0) is 18.8. The lowest BCUT2D eigenvalue weighted by molar-refractivity contribution is 0.0761. The van der Waals surface area contributed by atoms with Gasteiger partial charge < -0.3 is 10.2 Å². The van der Waals surface area contributed by atoms with Crippen LogP contribution >= 0.6 is 23.1 Å². The van der Waals surface area contributed by atoms with Crippen molar-refractivity contribution in [3.8, 4) is 0 Å². The van der Waals surface area contributed by atoms with Gasteiger partial charge in [-0.05, 0) is 44.4 Å². The Morgan fingerprint density at radius 2 is 2.04 bits per heavy atom. The highest BCUT2D eigenvalue weighted by Gasteiger charge is 2.24. The molecule has 0 spiro atoms. The molecular formula is C18H19N5O2S2. The SMILES string of the molecule is Cc1ncsc1C(=O)NC1CCCN(C(=O)c2ccc3nsnc3c2)CC1. The molecule has 7 nitrogen and oxygen atoms in total. The second-order valence-corrected chi connectivity index (χ2v) is 8.01. The third-order valence-electron chi connectivity index (χ3n) is 4.80. The van der Waals surface area contributed by atoms with E-state index in [1.807, 2.05) is 24.0 Å². The molecule has 1 aromatic carbocycles. The summed E-state index contributed by atoms with van der Waals surface area (Å²) < 4.78 is 8.38. The van der Waals surface area contributed by atoms with Gasteiger partial charge in [0, 0.05) is 24.7 Å². The van der Waals surface area contributed by atoms with Crippen molar-refractivity contribution in [2.24, 2.45) is 0 Å². The number of hydrogen-bond acceptors (Lipinski definition) is 7. The molecule has 0 bridgehead atoms. The Bertz CT molecular complexity index is 983. The number of hydrogen-bond donors (Lipinski definition) is 1. The third-order valence-corrected chi connectivity index (χ3v) is 6.29. The van der Waals surface area contributed by atoms with Crippen molar-refractivity contribution in [3.63, 3.8) is 0 Å². The minimum absolute atomic E-state index is 0.00942. The highest BCUT2D eigenvalue weighted by molar-refractivity contribution is 7.11. The number of aryl methyl sites for hydroxylation is 1. The van der Waals surface area contributed by atoms with Crippen molar-refractivity contribution < 1.29 is 9.59 Å². The van der Waals surface area contributed by atoms with Crippen molar-refractivity contribution in [2.75, 3.05) is 13.1 Å². The first-order valence-electron chi connectivity index (χ1n) is 8.84. The fourth-order valence-corrected chi connectivity index (χ4v) is 4.54. The minimum atomic E-state index is -0.0683. The van der Waals surface area contributed by atoms with E-state index in [0.29, 0.717) is 23.5 Å². The van der Waals surface area contributed by atoms with E-state index in [1.165, 1.54) is 11.3 Å². The van der Waals surface area contributed by atoms with Gasteiger partial charge >= 0.3 is 0 Å². The molecule has 2 aromatic heterocycles. The van der Waals surface area contributed by atoms with E-state index in [1.54, 1.807) is 11.6 Å². The highest BCUT2D eigenvalue weighted by Crippen LogP contribution is 2.19. The van der Waals surface area contributed by atoms with Crippen LogP contribution in [0.4, 0.5) is 0 Å². The summed E-state index contributed by atoms with van der Waals surface area (Å²) >= 11 is 2.51. The summed E-state index contributed by atoms with van der Waals surface area (Å²) in [6.45, 7) is 3.16. The van der Waals surface area contributed by atoms with Gasteiger partial charge in [-0.2, -0.15) is 8.75 Å². The molecule has 140 valence electrons. The number of aromatic nitrogens is 3. The van der Waals surface area contributed by atoms with Gasteiger partial charge in [0.1, 0.15) is 15.9 Å². The average molecular weight is 402 g/mol. The molecule has 4 rings (SSSR count).